The number of carbonyl (C=O) groups excluding carboxylic acids is 2. The van der Waals surface area contributed by atoms with E-state index in [9.17, 15) is 77.0 Å². The van der Waals surface area contributed by atoms with Gasteiger partial charge in [-0.25, -0.2) is 30.2 Å². The number of aromatic nitrogens is 5. The van der Waals surface area contributed by atoms with E-state index in [1.54, 1.807) is 0 Å². The minimum absolute atomic E-state index is 0.00370. The van der Waals surface area contributed by atoms with Crippen LogP contribution in [-0.2, 0) is 88.7 Å². The number of nitrogens with one attached hydrogen (secondary N) is 1. The topological polar surface area (TPSA) is 270 Å². The van der Waals surface area contributed by atoms with Crippen LogP contribution >= 0.6 is 19.4 Å². The second-order valence-electron chi connectivity index (χ2n) is 22.5. The molecule has 466 valence electrons. The average Bonchev–Trinajstić information content (AvgIpc) is 1.52. The van der Waals surface area contributed by atoms with Crippen molar-refractivity contribution in [1.82, 2.24) is 29.9 Å². The Kier molecular flexibility index (Phi) is 17.1. The van der Waals surface area contributed by atoms with Gasteiger partial charge >= 0.3 is 26.1 Å². The Bertz CT molecular complexity index is 4040. The van der Waals surface area contributed by atoms with Crippen molar-refractivity contribution in [2.45, 2.75) is 127 Å². The summed E-state index contributed by atoms with van der Waals surface area (Å²) in [6.45, 7) is 3.33. The normalized spacial score (nSPS) is 16.7. The number of anilines is 1. The molecule has 2 unspecified atom stereocenters. The zero-order valence-corrected chi connectivity index (χ0v) is 49.5. The Morgan fingerprint density at radius 1 is 0.907 bits per heavy atom. The Labute approximate surface area is 488 Å². The highest BCUT2D eigenvalue weighted by molar-refractivity contribution is 7.93. The number of phosphoric acid groups is 1. The summed E-state index contributed by atoms with van der Waals surface area (Å²) in [7, 11) is -14.3. The average molecular weight is 1300 g/mol. The number of carbonyl (C=O) groups is 3. The van der Waals surface area contributed by atoms with Gasteiger partial charge < -0.3 is 14.9 Å². The lowest BCUT2D eigenvalue weighted by atomic mass is 9.78. The molecule has 0 bridgehead atoms. The molecule has 8 rings (SSSR count). The molecule has 0 saturated heterocycles. The van der Waals surface area contributed by atoms with Gasteiger partial charge in [0.15, 0.2) is 21.3 Å². The van der Waals surface area contributed by atoms with Crippen molar-refractivity contribution in [3.63, 3.8) is 0 Å². The van der Waals surface area contributed by atoms with Gasteiger partial charge in [0.05, 0.1) is 45.1 Å². The molecule has 19 nitrogen and oxygen atoms in total. The van der Waals surface area contributed by atoms with Gasteiger partial charge in [-0.05, 0) is 99.4 Å². The molecule has 1 fully saturated rings. The molecule has 1 saturated carbocycles. The van der Waals surface area contributed by atoms with Gasteiger partial charge in [-0.1, -0.05) is 43.6 Å². The van der Waals surface area contributed by atoms with E-state index in [0.29, 0.717) is 12.3 Å². The number of hydrogen-bond acceptors (Lipinski definition) is 12. The molecule has 3 heterocycles. The fourth-order valence-corrected chi connectivity index (χ4v) is 13.0. The summed E-state index contributed by atoms with van der Waals surface area (Å²) in [5.41, 5.74) is -7.60. The van der Waals surface area contributed by atoms with Crippen molar-refractivity contribution in [1.29, 1.82) is 0 Å². The Hall–Kier alpha value is -6.66. The van der Waals surface area contributed by atoms with Crippen LogP contribution in [0.1, 0.15) is 110 Å². The molecule has 2 aliphatic rings. The summed E-state index contributed by atoms with van der Waals surface area (Å²) in [6, 6.07) is 7.13. The smallest absolute Gasteiger partial charge is 0.481 e. The second-order valence-corrected chi connectivity index (χ2v) is 28.6. The van der Waals surface area contributed by atoms with Crippen LogP contribution in [0.2, 0.25) is 5.02 Å². The minimum atomic E-state index is -5.45. The molecule has 6 aromatic rings. The SMILES string of the molecule is Cc1cc(CC(=O)O)cc(OP(=O)(O)O)c1C(C)(C)CC(=O)N(c1nn(CC(F)(F)F)c2c(-c3ccc(CCC(C)(C)S(C)(=O)=O)nc3[C@H](Cc3cc(F)cc(F)c3)NC(=O)Cn3nc(C(F)(F)F)c4c3C(F)(F)C3CC43)ccc(Cl)c12)S(C)(=O)=O. The van der Waals surface area contributed by atoms with Crippen LogP contribution < -0.4 is 14.1 Å². The van der Waals surface area contributed by atoms with E-state index in [4.69, 9.17) is 21.1 Å². The number of sulfone groups is 1. The van der Waals surface area contributed by atoms with Crippen molar-refractivity contribution in [3.8, 4) is 16.9 Å². The van der Waals surface area contributed by atoms with Gasteiger partial charge in [0.1, 0.15) is 36.2 Å². The predicted octanol–water partition coefficient (Wildman–Crippen LogP) is 9.94. The summed E-state index contributed by atoms with van der Waals surface area (Å²) in [5.74, 6) is -14.8. The molecule has 4 N–H and O–H groups in total. The maximum atomic E-state index is 15.7. The van der Waals surface area contributed by atoms with Gasteiger partial charge in [0.25, 0.3) is 5.92 Å². The highest BCUT2D eigenvalue weighted by Gasteiger charge is 2.68. The highest BCUT2D eigenvalue weighted by Crippen LogP contribution is 2.68. The number of pyridine rings is 1. The number of carboxylic acid groups (broad SMARTS) is 1. The highest BCUT2D eigenvalue weighted by atomic mass is 35.5. The van der Waals surface area contributed by atoms with Crippen LogP contribution in [0, 0.1) is 24.5 Å². The molecule has 33 heteroatoms. The number of alkyl halides is 8. The summed E-state index contributed by atoms with van der Waals surface area (Å²) in [5, 5.41) is 18.1. The lowest BCUT2D eigenvalue weighted by molar-refractivity contribution is -0.143. The first kappa shape index (κ1) is 65.3. The first-order chi connectivity index (χ1) is 39.3. The number of fused-ring (bicyclic) bond motifs is 4. The van der Waals surface area contributed by atoms with Crippen LogP contribution in [0.5, 0.6) is 5.75 Å². The molecule has 2 amide bonds. The van der Waals surface area contributed by atoms with Gasteiger partial charge in [0.2, 0.25) is 21.8 Å². The number of amides is 2. The maximum Gasteiger partial charge on any atom is 0.524 e. The summed E-state index contributed by atoms with van der Waals surface area (Å²) in [4.78, 5) is 65.2. The fourth-order valence-electron chi connectivity index (χ4n) is 11.0. The lowest BCUT2D eigenvalue weighted by Crippen LogP contribution is -2.40. The molecule has 0 radical (unpaired) electrons. The predicted molar refractivity (Wildman–Crippen MR) is 289 cm³/mol. The molecule has 3 aromatic carbocycles. The van der Waals surface area contributed by atoms with Crippen LogP contribution in [0.4, 0.5) is 49.7 Å². The van der Waals surface area contributed by atoms with Crippen LogP contribution in [0.3, 0.4) is 0 Å². The first-order valence-corrected chi connectivity index (χ1v) is 31.3. The molecule has 0 aliphatic heterocycles. The zero-order chi connectivity index (χ0) is 64.1. The summed E-state index contributed by atoms with van der Waals surface area (Å²) < 4.78 is 219. The zero-order valence-electron chi connectivity index (χ0n) is 46.2. The van der Waals surface area contributed by atoms with Crippen LogP contribution in [-0.4, -0.2) is 97.5 Å². The van der Waals surface area contributed by atoms with Crippen molar-refractivity contribution >= 4 is 73.8 Å². The van der Waals surface area contributed by atoms with E-state index >= 15 is 17.6 Å². The molecule has 86 heavy (non-hydrogen) atoms. The molecule has 2 aliphatic carbocycles. The molecule has 3 atom stereocenters. The number of aliphatic carboxylic acids is 1. The van der Waals surface area contributed by atoms with E-state index in [-0.39, 0.29) is 66.4 Å². The number of sulfonamides is 1. The van der Waals surface area contributed by atoms with Gasteiger partial charge in [0, 0.05) is 58.0 Å². The molecular formula is C53H53ClF10N7O12PS2. The van der Waals surface area contributed by atoms with Gasteiger partial charge in [-0.2, -0.15) is 49.6 Å². The largest absolute Gasteiger partial charge is 0.524 e. The number of benzene rings is 3. The number of rotatable bonds is 21. The quantitative estimate of drug-likeness (QED) is 0.0386. The molecular weight excluding hydrogens is 1250 g/mol. The number of halogens is 11. The van der Waals surface area contributed by atoms with Crippen LogP contribution in [0.15, 0.2) is 54.6 Å². The van der Waals surface area contributed by atoms with Crippen molar-refractivity contribution in [2.75, 3.05) is 16.8 Å². The van der Waals surface area contributed by atoms with Gasteiger partial charge in [-0.3, -0.25) is 38.5 Å². The van der Waals surface area contributed by atoms with Crippen LogP contribution in [0.25, 0.3) is 22.0 Å². The first-order valence-electron chi connectivity index (χ1n) is 25.7. The van der Waals surface area contributed by atoms with Crippen molar-refractivity contribution < 1.29 is 99.1 Å². The molecule has 0 spiro atoms. The van der Waals surface area contributed by atoms with E-state index in [1.165, 1.54) is 52.8 Å². The third-order valence-electron chi connectivity index (χ3n) is 14.9. The number of nitrogens with zero attached hydrogens (tertiary/aromatic N) is 6. The summed E-state index contributed by atoms with van der Waals surface area (Å²) >= 11 is 6.80. The van der Waals surface area contributed by atoms with Crippen molar-refractivity contribution in [3.05, 3.63) is 122 Å². The van der Waals surface area contributed by atoms with Gasteiger partial charge in [-0.15, -0.1) is 0 Å². The summed E-state index contributed by atoms with van der Waals surface area (Å²) in [6.07, 6.45) is -12.1. The van der Waals surface area contributed by atoms with Crippen molar-refractivity contribution in [2.24, 2.45) is 5.92 Å². The molecule has 3 aromatic heterocycles. The Morgan fingerprint density at radius 2 is 1.53 bits per heavy atom. The third kappa shape index (κ3) is 13.7. The number of phosphoric ester groups is 1. The fraction of sp³-hybridized carbons (Fsp3) is 0.434. The Balaban J connectivity index is 1.33. The monoisotopic (exact) mass is 1300 g/mol. The van der Waals surface area contributed by atoms with E-state index in [2.05, 4.69) is 15.5 Å². The lowest BCUT2D eigenvalue weighted by Gasteiger charge is -2.31. The number of hydrogen-bond donors (Lipinski definition) is 4. The Morgan fingerprint density at radius 3 is 2.10 bits per heavy atom. The van der Waals surface area contributed by atoms with E-state index in [0.717, 1.165) is 36.6 Å². The second kappa shape index (κ2) is 22.5. The standard InChI is InChI=1S/C53H53ClF10N7O12PS2/c1-25-14-26(19-40(74)75)18-37(83-84(76,77)78)43(25)49(2,3)22-39(73)71(86(7,81)82)48-42-35(54)11-10-32(45(42)70(68-48)24-51(57,58)59)31-9-8-30(12-13-50(4,5)85(6,79)80)65-44(31)36(17-27-15-28(55)20-29(56)16-27)66-38(72)23-69-47-41(46(67-69)53(62,63)64)33-21-34(33)52(47,60)61/h8-11,14-16,18,20,33-34,36H,12-13,17,19,21-24H2,1-7H3,(H,66,72)(H,74,75)(H2,76,77,78)/t33?,34?,36-/m0/s1. The maximum absolute atomic E-state index is 15.7. The number of aryl methyl sites for hydroxylation is 2. The third-order valence-corrected chi connectivity index (χ3v) is 18.9. The van der Waals surface area contributed by atoms with E-state index in [1.807, 2.05) is 0 Å². The number of carboxylic acids is 1. The minimum Gasteiger partial charge on any atom is -0.481 e. The van der Waals surface area contributed by atoms with E-state index < -0.39 is 191 Å².